The van der Waals surface area contributed by atoms with Crippen molar-refractivity contribution < 1.29 is 114 Å². The third-order valence-corrected chi connectivity index (χ3v) is 0.659. The summed E-state index contributed by atoms with van der Waals surface area (Å²) in [6.07, 6.45) is 0. The van der Waals surface area contributed by atoms with Gasteiger partial charge in [-0.1, -0.05) is 0 Å². The summed E-state index contributed by atoms with van der Waals surface area (Å²) >= 11 is 0. The molecule has 0 aliphatic heterocycles. The van der Waals surface area contributed by atoms with Gasteiger partial charge in [0.05, 0.1) is 0 Å². The maximum atomic E-state index is 11.8. The molecule has 1 rings (SSSR count). The molecule has 0 bridgehead atoms. The summed E-state index contributed by atoms with van der Waals surface area (Å²) in [6, 6.07) is 6.09. The molecule has 10 heavy (non-hydrogen) atoms. The van der Waals surface area contributed by atoms with E-state index in [0.717, 1.165) is 12.1 Å². The van der Waals surface area contributed by atoms with Crippen molar-refractivity contribution in [1.82, 2.24) is 0 Å². The molecule has 0 saturated carbocycles. The van der Waals surface area contributed by atoms with Gasteiger partial charge in [0, 0.05) is 46.9 Å². The largest absolute Gasteiger partial charge is 1.00 e. The third-order valence-electron chi connectivity index (χ3n) is 0.659. The van der Waals surface area contributed by atoms with Crippen LogP contribution in [0.4, 0.5) is 8.78 Å². The van der Waals surface area contributed by atoms with E-state index < -0.39 is 11.6 Å². The average molecular weight is 371 g/mol. The van der Waals surface area contributed by atoms with Gasteiger partial charge in [0.2, 0.25) is 0 Å². The fourth-order valence-electron chi connectivity index (χ4n) is 0.374. The summed E-state index contributed by atoms with van der Waals surface area (Å²) in [5.41, 5.74) is 0. The Morgan fingerprint density at radius 1 is 1.10 bits per heavy atom. The normalized spacial score (nSPS) is 7.40. The van der Waals surface area contributed by atoms with Crippen molar-refractivity contribution in [2.24, 2.45) is 0 Å². The minimum absolute atomic E-state index is 0. The molecule has 0 heterocycles. The van der Waals surface area contributed by atoms with Gasteiger partial charge in [-0.15, -0.1) is 11.6 Å². The number of rotatable bonds is 0. The molecular weight excluding hydrogens is 369 g/mol. The van der Waals surface area contributed by atoms with Gasteiger partial charge in [0.25, 0.3) is 0 Å². The van der Waals surface area contributed by atoms with Crippen LogP contribution in [0.2, 0.25) is 0 Å². The summed E-state index contributed by atoms with van der Waals surface area (Å²) in [4.78, 5) is 0. The molecule has 56 valence electrons. The summed E-state index contributed by atoms with van der Waals surface area (Å²) < 4.78 is 23.7. The van der Waals surface area contributed by atoms with Gasteiger partial charge in [-0.3, -0.25) is 12.1 Å². The van der Waals surface area contributed by atoms with Crippen LogP contribution in [-0.2, 0) is 0 Å². The molecule has 0 N–H and O–H groups in total. The molecule has 1 aromatic carbocycles. The molecule has 0 spiro atoms. The van der Waals surface area contributed by atoms with Gasteiger partial charge in [-0.25, -0.2) is 6.07 Å². The summed E-state index contributed by atoms with van der Waals surface area (Å²) in [6.45, 7) is 0. The van der Waals surface area contributed by atoms with E-state index in [2.05, 4.69) is 6.07 Å². The topological polar surface area (TPSA) is 0 Å². The first-order chi connectivity index (χ1) is 3.79. The first-order valence-electron chi connectivity index (χ1n) is 2.03. The van der Waals surface area contributed by atoms with E-state index >= 15 is 0 Å². The number of halogens is 2. The smallest absolute Gasteiger partial charge is 0.314 e. The third kappa shape index (κ3) is 5.98. The van der Waals surface area contributed by atoms with Gasteiger partial charge in [-0.2, -0.15) is 0 Å². The van der Waals surface area contributed by atoms with Crippen molar-refractivity contribution in [3.05, 3.63) is 35.9 Å². The Hall–Kier alpha value is 2.40. The van der Waals surface area contributed by atoms with Crippen LogP contribution < -0.4 is 58.2 Å². The van der Waals surface area contributed by atoms with Gasteiger partial charge in [0.15, 0.2) is 0 Å². The fraction of sp³-hybridized carbons (Fsp3) is 0. The van der Waals surface area contributed by atoms with Gasteiger partial charge < -0.3 is 14.8 Å². The zero-order valence-electron chi connectivity index (χ0n) is 5.18. The molecule has 0 atom stereocenters. The van der Waals surface area contributed by atoms with Crippen LogP contribution >= 0.6 is 0 Å². The molecule has 0 unspecified atom stereocenters. The van der Waals surface area contributed by atoms with E-state index in [1.54, 1.807) is 6.07 Å². The molecule has 0 saturated heterocycles. The van der Waals surface area contributed by atoms with Crippen molar-refractivity contribution in [2.75, 3.05) is 0 Å². The van der Waals surface area contributed by atoms with Crippen LogP contribution in [0.5, 0.6) is 0 Å². The predicted molar refractivity (Wildman–Crippen MR) is 24.0 cm³/mol. The zero-order chi connectivity index (χ0) is 5.98. The van der Waals surface area contributed by atoms with E-state index in [-0.39, 0.29) is 105 Å². The van der Waals surface area contributed by atoms with E-state index in [4.69, 9.17) is 0 Å². The van der Waals surface area contributed by atoms with E-state index in [1.807, 2.05) is 0 Å². The summed E-state index contributed by atoms with van der Waals surface area (Å²) in [7, 11) is 0. The molecule has 0 fully saturated rings. The van der Waals surface area contributed by atoms with E-state index in [1.165, 1.54) is 0 Å². The standard InChI is InChI=1S/C6H2F2.Rb.Yb/c7-5-2-1-3-6(8)4-5;;/h2-3H;;/q-2;+1;. The van der Waals surface area contributed by atoms with Crippen LogP contribution in [-0.4, -0.2) is 0 Å². The predicted octanol–water partition coefficient (Wildman–Crippen LogP) is -1.43. The fourth-order valence-corrected chi connectivity index (χ4v) is 0.374. The SMILES string of the molecule is Fc1[c-]c(F)c[c-]c1.[Rb+].[Yb]. The quantitative estimate of drug-likeness (QED) is 0.491. The Morgan fingerprint density at radius 2 is 1.50 bits per heavy atom. The molecule has 0 aliphatic rings. The Kier molecular flexibility index (Phi) is 12.0. The van der Waals surface area contributed by atoms with Gasteiger partial charge in [-0.05, 0) is 0 Å². The van der Waals surface area contributed by atoms with Gasteiger partial charge >= 0.3 is 58.2 Å². The van der Waals surface area contributed by atoms with Gasteiger partial charge in [0.1, 0.15) is 0 Å². The number of hydrogen-bond acceptors (Lipinski definition) is 0. The summed E-state index contributed by atoms with van der Waals surface area (Å²) in [5, 5.41) is 0. The average Bonchev–Trinajstić information content (AvgIpc) is 1.64. The molecule has 4 heteroatoms. The Morgan fingerprint density at radius 3 is 1.70 bits per heavy atom. The minimum Gasteiger partial charge on any atom is -0.314 e. The van der Waals surface area contributed by atoms with Crippen molar-refractivity contribution in [1.29, 1.82) is 0 Å². The van der Waals surface area contributed by atoms with Crippen LogP contribution in [0.1, 0.15) is 0 Å². The second-order valence-electron chi connectivity index (χ2n) is 1.28. The monoisotopic (exact) mass is 371 g/mol. The van der Waals surface area contributed by atoms with Crippen LogP contribution in [0, 0.1) is 70.7 Å². The maximum absolute atomic E-state index is 11.8. The molecule has 0 nitrogen and oxygen atoms in total. The molecule has 0 aliphatic carbocycles. The Balaban J connectivity index is 0. The summed E-state index contributed by atoms with van der Waals surface area (Å²) in [5.74, 6) is -1.44. The maximum Gasteiger partial charge on any atom is 1.00 e. The molecule has 0 amide bonds. The molecular formula is C6H2F2RbYb-. The minimum atomic E-state index is -0.718. The molecule has 1 aromatic rings. The first-order valence-corrected chi connectivity index (χ1v) is 2.03. The van der Waals surface area contributed by atoms with E-state index in [9.17, 15) is 8.78 Å². The van der Waals surface area contributed by atoms with Crippen LogP contribution in [0.25, 0.3) is 0 Å². The van der Waals surface area contributed by atoms with Crippen LogP contribution in [0.3, 0.4) is 0 Å². The Labute approximate surface area is 146 Å². The van der Waals surface area contributed by atoms with Crippen LogP contribution in [0.15, 0.2) is 12.1 Å². The second kappa shape index (κ2) is 8.02. The van der Waals surface area contributed by atoms with Crippen molar-refractivity contribution in [2.45, 2.75) is 0 Å². The van der Waals surface area contributed by atoms with Crippen molar-refractivity contribution in [3.8, 4) is 0 Å². The number of hydrogen-bond donors (Lipinski definition) is 0. The Bertz CT molecular complexity index is 176. The van der Waals surface area contributed by atoms with E-state index in [0.29, 0.717) is 0 Å². The van der Waals surface area contributed by atoms with Crippen molar-refractivity contribution >= 4 is 0 Å². The first kappa shape index (κ1) is 14.9. The molecule has 0 aromatic heterocycles. The van der Waals surface area contributed by atoms with Crippen molar-refractivity contribution in [3.63, 3.8) is 0 Å². The number of benzene rings is 1. The molecule has 0 radical (unpaired) electrons. The zero-order valence-corrected chi connectivity index (χ0v) is 11.8. The second-order valence-corrected chi connectivity index (χ2v) is 1.28.